The van der Waals surface area contributed by atoms with E-state index in [1.54, 1.807) is 24.0 Å². The standard InChI is InChI=1S/C18H24N4O5/c1-13(17(23)19-14-5-2-3-6-15(14)22(25)26)20-8-10-21(11-9-20)18(24)16-7-4-12-27-16/h2-3,5-6,13,16H,4,7-12H2,1H3,(H,19,23)/t13-,16+/m1/s1. The summed E-state index contributed by atoms with van der Waals surface area (Å²) in [6.07, 6.45) is 1.36. The largest absolute Gasteiger partial charge is 0.368 e. The molecule has 1 aromatic rings. The van der Waals surface area contributed by atoms with Gasteiger partial charge >= 0.3 is 0 Å². The zero-order valence-electron chi connectivity index (χ0n) is 15.3. The fourth-order valence-electron chi connectivity index (χ4n) is 3.45. The minimum Gasteiger partial charge on any atom is -0.368 e. The Balaban J connectivity index is 1.54. The van der Waals surface area contributed by atoms with Crippen LogP contribution in [0.1, 0.15) is 19.8 Å². The van der Waals surface area contributed by atoms with Gasteiger partial charge in [0.15, 0.2) is 0 Å². The van der Waals surface area contributed by atoms with Crippen LogP contribution in [0.4, 0.5) is 11.4 Å². The fraction of sp³-hybridized carbons (Fsp3) is 0.556. The molecule has 2 saturated heterocycles. The Morgan fingerprint density at radius 3 is 2.59 bits per heavy atom. The van der Waals surface area contributed by atoms with E-state index < -0.39 is 11.0 Å². The molecule has 0 bridgehead atoms. The van der Waals surface area contributed by atoms with Crippen LogP contribution in [0.15, 0.2) is 24.3 Å². The lowest BCUT2D eigenvalue weighted by Gasteiger charge is -2.38. The number of benzene rings is 1. The Bertz CT molecular complexity index is 711. The highest BCUT2D eigenvalue weighted by atomic mass is 16.6. The molecule has 27 heavy (non-hydrogen) atoms. The molecule has 3 rings (SSSR count). The molecule has 1 N–H and O–H groups in total. The van der Waals surface area contributed by atoms with Crippen LogP contribution in [0.3, 0.4) is 0 Å². The maximum Gasteiger partial charge on any atom is 0.292 e. The number of para-hydroxylation sites is 2. The first-order chi connectivity index (χ1) is 13.0. The lowest BCUT2D eigenvalue weighted by atomic mass is 10.1. The number of carbonyl (C=O) groups excluding carboxylic acids is 2. The van der Waals surface area contributed by atoms with Crippen molar-refractivity contribution in [3.8, 4) is 0 Å². The van der Waals surface area contributed by atoms with Gasteiger partial charge < -0.3 is 15.0 Å². The fourth-order valence-corrected chi connectivity index (χ4v) is 3.45. The summed E-state index contributed by atoms with van der Waals surface area (Å²) >= 11 is 0. The van der Waals surface area contributed by atoms with Crippen LogP contribution in [0, 0.1) is 10.1 Å². The molecule has 0 aromatic heterocycles. The zero-order chi connectivity index (χ0) is 19.4. The van der Waals surface area contributed by atoms with Gasteiger partial charge in [-0.1, -0.05) is 12.1 Å². The molecule has 0 radical (unpaired) electrons. The Morgan fingerprint density at radius 1 is 1.26 bits per heavy atom. The number of piperazine rings is 1. The van der Waals surface area contributed by atoms with Gasteiger partial charge in [-0.2, -0.15) is 0 Å². The molecule has 0 spiro atoms. The number of rotatable bonds is 5. The predicted molar refractivity (Wildman–Crippen MR) is 98.3 cm³/mol. The van der Waals surface area contributed by atoms with Gasteiger partial charge in [-0.25, -0.2) is 0 Å². The van der Waals surface area contributed by atoms with Gasteiger partial charge in [0.2, 0.25) is 5.91 Å². The summed E-state index contributed by atoms with van der Waals surface area (Å²) in [6.45, 7) is 4.64. The van der Waals surface area contributed by atoms with Crippen molar-refractivity contribution in [2.45, 2.75) is 31.9 Å². The van der Waals surface area contributed by atoms with Gasteiger partial charge in [-0.05, 0) is 25.8 Å². The molecule has 2 aliphatic heterocycles. The van der Waals surface area contributed by atoms with Crippen LogP contribution >= 0.6 is 0 Å². The molecule has 2 aliphatic rings. The van der Waals surface area contributed by atoms with Gasteiger partial charge in [-0.3, -0.25) is 24.6 Å². The third kappa shape index (κ3) is 4.42. The van der Waals surface area contributed by atoms with E-state index in [4.69, 9.17) is 4.74 Å². The molecule has 2 fully saturated rings. The molecular weight excluding hydrogens is 352 g/mol. The second-order valence-corrected chi connectivity index (χ2v) is 6.80. The average molecular weight is 376 g/mol. The molecule has 2 heterocycles. The number of nitro benzene ring substituents is 1. The van der Waals surface area contributed by atoms with E-state index >= 15 is 0 Å². The molecule has 2 atom stereocenters. The number of nitrogens with one attached hydrogen (secondary N) is 1. The summed E-state index contributed by atoms with van der Waals surface area (Å²) in [5.41, 5.74) is 0.0524. The number of nitro groups is 1. The second-order valence-electron chi connectivity index (χ2n) is 6.80. The molecule has 9 nitrogen and oxygen atoms in total. The average Bonchev–Trinajstić information content (AvgIpc) is 3.22. The second kappa shape index (κ2) is 8.45. The van der Waals surface area contributed by atoms with E-state index in [1.165, 1.54) is 12.1 Å². The summed E-state index contributed by atoms with van der Waals surface area (Å²) in [4.78, 5) is 39.3. The van der Waals surface area contributed by atoms with E-state index in [9.17, 15) is 19.7 Å². The molecular formula is C18H24N4O5. The zero-order valence-corrected chi connectivity index (χ0v) is 15.3. The predicted octanol–water partition coefficient (Wildman–Crippen LogP) is 1.24. The number of carbonyl (C=O) groups is 2. The quantitative estimate of drug-likeness (QED) is 0.612. The third-order valence-electron chi connectivity index (χ3n) is 5.12. The van der Waals surface area contributed by atoms with Crippen molar-refractivity contribution in [2.24, 2.45) is 0 Å². The highest BCUT2D eigenvalue weighted by Crippen LogP contribution is 2.24. The van der Waals surface area contributed by atoms with E-state index in [0.717, 1.165) is 12.8 Å². The van der Waals surface area contributed by atoms with Crippen LogP contribution < -0.4 is 5.32 Å². The van der Waals surface area contributed by atoms with E-state index in [0.29, 0.717) is 32.8 Å². The summed E-state index contributed by atoms with van der Waals surface area (Å²) in [7, 11) is 0. The minimum atomic E-state index is -0.518. The van der Waals surface area contributed by atoms with Crippen molar-refractivity contribution in [2.75, 3.05) is 38.1 Å². The summed E-state index contributed by atoms with van der Waals surface area (Å²) in [5.74, 6) is -0.271. The number of amides is 2. The molecule has 0 aliphatic carbocycles. The van der Waals surface area contributed by atoms with Crippen molar-refractivity contribution in [3.05, 3.63) is 34.4 Å². The normalized spacial score (nSPS) is 21.7. The van der Waals surface area contributed by atoms with Crippen LogP contribution in [-0.4, -0.2) is 71.5 Å². The number of hydrogen-bond donors (Lipinski definition) is 1. The number of hydrogen-bond acceptors (Lipinski definition) is 6. The van der Waals surface area contributed by atoms with Gasteiger partial charge in [-0.15, -0.1) is 0 Å². The maximum atomic E-state index is 12.5. The molecule has 2 amide bonds. The summed E-state index contributed by atoms with van der Waals surface area (Å²) < 4.78 is 5.45. The SMILES string of the molecule is C[C@H](C(=O)Nc1ccccc1[N+](=O)[O-])N1CCN(C(=O)[C@@H]2CCCO2)CC1. The summed E-state index contributed by atoms with van der Waals surface area (Å²) in [6, 6.07) is 5.62. The van der Waals surface area contributed by atoms with Crippen molar-refractivity contribution in [3.63, 3.8) is 0 Å². The molecule has 0 saturated carbocycles. The maximum absolute atomic E-state index is 12.5. The van der Waals surface area contributed by atoms with Crippen LogP contribution in [0.25, 0.3) is 0 Å². The van der Waals surface area contributed by atoms with E-state index in [2.05, 4.69) is 5.32 Å². The Hall–Kier alpha value is -2.52. The van der Waals surface area contributed by atoms with Gasteiger partial charge in [0.1, 0.15) is 11.8 Å². The molecule has 1 aromatic carbocycles. The summed E-state index contributed by atoms with van der Waals surface area (Å²) in [5, 5.41) is 13.7. The number of anilines is 1. The Morgan fingerprint density at radius 2 is 1.96 bits per heavy atom. The first-order valence-corrected chi connectivity index (χ1v) is 9.16. The lowest BCUT2D eigenvalue weighted by molar-refractivity contribution is -0.383. The Kier molecular flexibility index (Phi) is 6.02. The highest BCUT2D eigenvalue weighted by Gasteiger charge is 2.32. The van der Waals surface area contributed by atoms with Crippen LogP contribution in [0.2, 0.25) is 0 Å². The first kappa shape index (κ1) is 19.2. The highest BCUT2D eigenvalue weighted by molar-refractivity contribution is 5.96. The number of ether oxygens (including phenoxy) is 1. The topological polar surface area (TPSA) is 105 Å². The van der Waals surface area contributed by atoms with E-state index in [-0.39, 0.29) is 29.3 Å². The van der Waals surface area contributed by atoms with Crippen molar-refractivity contribution >= 4 is 23.2 Å². The van der Waals surface area contributed by atoms with Crippen molar-refractivity contribution < 1.29 is 19.2 Å². The smallest absolute Gasteiger partial charge is 0.292 e. The number of nitrogens with zero attached hydrogens (tertiary/aromatic N) is 3. The molecule has 146 valence electrons. The van der Waals surface area contributed by atoms with Crippen molar-refractivity contribution in [1.29, 1.82) is 0 Å². The van der Waals surface area contributed by atoms with E-state index in [1.807, 2.05) is 4.90 Å². The first-order valence-electron chi connectivity index (χ1n) is 9.16. The van der Waals surface area contributed by atoms with Crippen LogP contribution in [-0.2, 0) is 14.3 Å². The minimum absolute atomic E-state index is 0.0316. The van der Waals surface area contributed by atoms with Gasteiger partial charge in [0, 0.05) is 38.9 Å². The molecule has 0 unspecified atom stereocenters. The monoisotopic (exact) mass is 376 g/mol. The van der Waals surface area contributed by atoms with Crippen molar-refractivity contribution in [1.82, 2.24) is 9.80 Å². The third-order valence-corrected chi connectivity index (χ3v) is 5.12. The van der Waals surface area contributed by atoms with Gasteiger partial charge in [0.05, 0.1) is 11.0 Å². The van der Waals surface area contributed by atoms with Crippen LogP contribution in [0.5, 0.6) is 0 Å². The molecule has 9 heteroatoms. The van der Waals surface area contributed by atoms with Gasteiger partial charge in [0.25, 0.3) is 11.6 Å². The lowest BCUT2D eigenvalue weighted by Crippen LogP contribution is -2.55. The Labute approximate surface area is 157 Å².